The molecule has 0 saturated heterocycles. The van der Waals surface area contributed by atoms with Gasteiger partial charge in [-0.2, -0.15) is 0 Å². The number of imide groups is 1. The Hall–Kier alpha value is -1.84. The van der Waals surface area contributed by atoms with Gasteiger partial charge in [-0.25, -0.2) is 0 Å². The third-order valence-electron chi connectivity index (χ3n) is 4.61. The molecule has 0 bridgehead atoms. The molecule has 1 aliphatic heterocycles. The fraction of sp³-hybridized carbons (Fsp3) is 0.500. The summed E-state index contributed by atoms with van der Waals surface area (Å²) in [5.74, 6) is 0.802. The predicted octanol–water partition coefficient (Wildman–Crippen LogP) is 2.69. The summed E-state index contributed by atoms with van der Waals surface area (Å²) in [6.45, 7) is 2.80. The van der Waals surface area contributed by atoms with Crippen LogP contribution < -0.4 is 5.73 Å². The number of nitrogens with zero attached hydrogens (tertiary/aromatic N) is 1. The van der Waals surface area contributed by atoms with E-state index in [1.54, 1.807) is 18.2 Å². The molecule has 1 aromatic carbocycles. The standard InChI is InChI=1S/C16H20N2O2/c1-10-5-7-11(8-6-10)9-18-15(19)12-3-2-4-13(17)14(12)16(18)20/h2-4,10-11H,5-9,17H2,1H3. The van der Waals surface area contributed by atoms with Crippen molar-refractivity contribution in [2.75, 3.05) is 12.3 Å². The van der Waals surface area contributed by atoms with Crippen molar-refractivity contribution in [3.8, 4) is 0 Å². The fourth-order valence-electron chi connectivity index (χ4n) is 3.30. The zero-order valence-electron chi connectivity index (χ0n) is 11.8. The van der Waals surface area contributed by atoms with E-state index in [1.807, 2.05) is 0 Å². The first-order chi connectivity index (χ1) is 9.58. The average molecular weight is 272 g/mol. The highest BCUT2D eigenvalue weighted by Crippen LogP contribution is 2.32. The normalized spacial score (nSPS) is 25.9. The number of carbonyl (C=O) groups excluding carboxylic acids is 2. The van der Waals surface area contributed by atoms with Crippen molar-refractivity contribution in [3.63, 3.8) is 0 Å². The maximum Gasteiger partial charge on any atom is 0.263 e. The van der Waals surface area contributed by atoms with Gasteiger partial charge in [-0.05, 0) is 36.8 Å². The lowest BCUT2D eigenvalue weighted by Crippen LogP contribution is -2.35. The van der Waals surface area contributed by atoms with Gasteiger partial charge in [0.15, 0.2) is 0 Å². The number of amides is 2. The van der Waals surface area contributed by atoms with E-state index in [0.29, 0.717) is 29.3 Å². The summed E-state index contributed by atoms with van der Waals surface area (Å²) in [6, 6.07) is 5.09. The van der Waals surface area contributed by atoms with Gasteiger partial charge in [0.25, 0.3) is 11.8 Å². The topological polar surface area (TPSA) is 63.4 Å². The molecule has 4 nitrogen and oxygen atoms in total. The van der Waals surface area contributed by atoms with Crippen LogP contribution in [0.2, 0.25) is 0 Å². The minimum absolute atomic E-state index is 0.184. The zero-order valence-corrected chi connectivity index (χ0v) is 11.8. The lowest BCUT2D eigenvalue weighted by molar-refractivity contribution is 0.0612. The summed E-state index contributed by atoms with van der Waals surface area (Å²) in [7, 11) is 0. The van der Waals surface area contributed by atoms with Crippen LogP contribution in [0.1, 0.15) is 53.3 Å². The van der Waals surface area contributed by atoms with Gasteiger partial charge >= 0.3 is 0 Å². The highest BCUT2D eigenvalue weighted by molar-refractivity contribution is 6.23. The number of nitrogens with two attached hydrogens (primary N) is 1. The van der Waals surface area contributed by atoms with Crippen LogP contribution in [0.25, 0.3) is 0 Å². The van der Waals surface area contributed by atoms with E-state index in [4.69, 9.17) is 5.73 Å². The number of nitrogen functional groups attached to an aromatic ring is 1. The molecule has 20 heavy (non-hydrogen) atoms. The maximum atomic E-state index is 12.4. The number of fused-ring (bicyclic) bond motifs is 1. The zero-order chi connectivity index (χ0) is 14.3. The molecular formula is C16H20N2O2. The Morgan fingerprint density at radius 3 is 2.50 bits per heavy atom. The van der Waals surface area contributed by atoms with Crippen LogP contribution >= 0.6 is 0 Å². The molecule has 0 atom stereocenters. The molecule has 2 N–H and O–H groups in total. The van der Waals surface area contributed by atoms with Crippen molar-refractivity contribution in [1.82, 2.24) is 4.90 Å². The van der Waals surface area contributed by atoms with E-state index >= 15 is 0 Å². The Morgan fingerprint density at radius 2 is 1.85 bits per heavy atom. The third-order valence-corrected chi connectivity index (χ3v) is 4.61. The molecule has 1 saturated carbocycles. The van der Waals surface area contributed by atoms with E-state index in [-0.39, 0.29) is 11.8 Å². The molecule has 106 valence electrons. The fourth-order valence-corrected chi connectivity index (χ4v) is 3.30. The van der Waals surface area contributed by atoms with Crippen LogP contribution in [0.3, 0.4) is 0 Å². The van der Waals surface area contributed by atoms with E-state index in [0.717, 1.165) is 18.8 Å². The number of carbonyl (C=O) groups is 2. The second-order valence-electron chi connectivity index (χ2n) is 6.12. The summed E-state index contributed by atoms with van der Waals surface area (Å²) in [5.41, 5.74) is 7.09. The molecule has 1 aliphatic carbocycles. The summed E-state index contributed by atoms with van der Waals surface area (Å²) in [6.07, 6.45) is 4.58. The number of benzene rings is 1. The highest BCUT2D eigenvalue weighted by Gasteiger charge is 2.38. The first kappa shape index (κ1) is 13.2. The molecule has 4 heteroatoms. The summed E-state index contributed by atoms with van der Waals surface area (Å²) in [5, 5.41) is 0. The van der Waals surface area contributed by atoms with Crippen LogP contribution in [0.4, 0.5) is 5.69 Å². The minimum Gasteiger partial charge on any atom is -0.398 e. The molecule has 1 fully saturated rings. The van der Waals surface area contributed by atoms with Crippen molar-refractivity contribution >= 4 is 17.5 Å². The molecule has 1 heterocycles. The third kappa shape index (κ3) is 2.09. The van der Waals surface area contributed by atoms with Crippen molar-refractivity contribution in [1.29, 1.82) is 0 Å². The molecule has 2 amide bonds. The largest absolute Gasteiger partial charge is 0.398 e. The summed E-state index contributed by atoms with van der Waals surface area (Å²) >= 11 is 0. The molecule has 0 aromatic heterocycles. The minimum atomic E-state index is -0.221. The summed E-state index contributed by atoms with van der Waals surface area (Å²) < 4.78 is 0. The van der Waals surface area contributed by atoms with Gasteiger partial charge in [0, 0.05) is 12.2 Å². The van der Waals surface area contributed by atoms with Crippen molar-refractivity contribution in [2.45, 2.75) is 32.6 Å². The molecule has 0 radical (unpaired) electrons. The lowest BCUT2D eigenvalue weighted by atomic mass is 9.83. The average Bonchev–Trinajstić information content (AvgIpc) is 2.67. The lowest BCUT2D eigenvalue weighted by Gasteiger charge is -2.28. The van der Waals surface area contributed by atoms with Gasteiger partial charge in [-0.15, -0.1) is 0 Å². The van der Waals surface area contributed by atoms with Gasteiger partial charge in [0.2, 0.25) is 0 Å². The quantitative estimate of drug-likeness (QED) is 0.665. The van der Waals surface area contributed by atoms with Crippen molar-refractivity contribution in [2.24, 2.45) is 11.8 Å². The predicted molar refractivity (Wildman–Crippen MR) is 77.3 cm³/mol. The smallest absolute Gasteiger partial charge is 0.263 e. The van der Waals surface area contributed by atoms with E-state index in [1.165, 1.54) is 17.7 Å². The van der Waals surface area contributed by atoms with E-state index < -0.39 is 0 Å². The number of hydrogen-bond donors (Lipinski definition) is 1. The monoisotopic (exact) mass is 272 g/mol. The molecule has 1 aromatic rings. The van der Waals surface area contributed by atoms with Crippen LogP contribution in [0, 0.1) is 11.8 Å². The van der Waals surface area contributed by atoms with E-state index in [9.17, 15) is 9.59 Å². The molecular weight excluding hydrogens is 252 g/mol. The van der Waals surface area contributed by atoms with Gasteiger partial charge < -0.3 is 5.73 Å². The van der Waals surface area contributed by atoms with Crippen LogP contribution in [-0.2, 0) is 0 Å². The second kappa shape index (κ2) is 4.93. The Balaban J connectivity index is 1.78. The Kier molecular flexibility index (Phi) is 3.24. The van der Waals surface area contributed by atoms with Crippen molar-refractivity contribution in [3.05, 3.63) is 29.3 Å². The molecule has 3 rings (SSSR count). The molecule has 0 spiro atoms. The highest BCUT2D eigenvalue weighted by atomic mass is 16.2. The van der Waals surface area contributed by atoms with Crippen LogP contribution in [0.5, 0.6) is 0 Å². The van der Waals surface area contributed by atoms with Gasteiger partial charge in [0.1, 0.15) is 0 Å². The number of hydrogen-bond acceptors (Lipinski definition) is 3. The number of rotatable bonds is 2. The first-order valence-electron chi connectivity index (χ1n) is 7.32. The van der Waals surface area contributed by atoms with E-state index in [2.05, 4.69) is 6.92 Å². The molecule has 0 unspecified atom stereocenters. The Labute approximate surface area is 118 Å². The Bertz CT molecular complexity index is 560. The first-order valence-corrected chi connectivity index (χ1v) is 7.32. The van der Waals surface area contributed by atoms with Gasteiger partial charge in [-0.3, -0.25) is 14.5 Å². The summed E-state index contributed by atoms with van der Waals surface area (Å²) in [4.78, 5) is 26.1. The van der Waals surface area contributed by atoms with Crippen LogP contribution in [0.15, 0.2) is 18.2 Å². The SMILES string of the molecule is CC1CCC(CN2C(=O)c3cccc(N)c3C2=O)CC1. The number of anilines is 1. The van der Waals surface area contributed by atoms with Crippen LogP contribution in [-0.4, -0.2) is 23.3 Å². The molecule has 2 aliphatic rings. The maximum absolute atomic E-state index is 12.4. The van der Waals surface area contributed by atoms with Crippen molar-refractivity contribution < 1.29 is 9.59 Å². The van der Waals surface area contributed by atoms with Gasteiger partial charge in [-0.1, -0.05) is 25.8 Å². The second-order valence-corrected chi connectivity index (χ2v) is 6.12. The Morgan fingerprint density at radius 1 is 1.15 bits per heavy atom. The van der Waals surface area contributed by atoms with Gasteiger partial charge in [0.05, 0.1) is 11.1 Å².